The molecule has 0 aliphatic carbocycles. The van der Waals surface area contributed by atoms with E-state index in [2.05, 4.69) is 10.1 Å². The minimum Gasteiger partial charge on any atom is -0.381 e. The molecule has 0 N–H and O–H groups in total. The lowest BCUT2D eigenvalue weighted by molar-refractivity contribution is -0.131. The van der Waals surface area contributed by atoms with Crippen LogP contribution in [-0.4, -0.2) is 47.3 Å². The summed E-state index contributed by atoms with van der Waals surface area (Å²) in [4.78, 5) is 18.7. The van der Waals surface area contributed by atoms with Crippen LogP contribution in [0.1, 0.15) is 25.7 Å². The summed E-state index contributed by atoms with van der Waals surface area (Å²) >= 11 is 0. The number of aryl methyl sites for hydroxylation is 1. The van der Waals surface area contributed by atoms with Crippen LogP contribution in [0.15, 0.2) is 34.9 Å². The van der Waals surface area contributed by atoms with Gasteiger partial charge in [0.1, 0.15) is 0 Å². The summed E-state index contributed by atoms with van der Waals surface area (Å²) in [6.45, 7) is 5.06. The third-order valence-electron chi connectivity index (χ3n) is 4.29. The highest BCUT2D eigenvalue weighted by Gasteiger charge is 2.22. The molecule has 1 aliphatic heterocycles. The van der Waals surface area contributed by atoms with Gasteiger partial charge in [0.15, 0.2) is 0 Å². The third-order valence-corrected chi connectivity index (χ3v) is 4.29. The number of hydrogen-bond donors (Lipinski definition) is 0. The van der Waals surface area contributed by atoms with Crippen molar-refractivity contribution < 1.29 is 14.1 Å². The zero-order chi connectivity index (χ0) is 16.8. The van der Waals surface area contributed by atoms with Gasteiger partial charge in [0.25, 0.3) is 0 Å². The van der Waals surface area contributed by atoms with Crippen LogP contribution >= 0.6 is 0 Å². The second kappa shape index (κ2) is 8.06. The lowest BCUT2D eigenvalue weighted by Crippen LogP contribution is -2.35. The van der Waals surface area contributed by atoms with Crippen molar-refractivity contribution in [3.8, 4) is 11.4 Å². The maximum Gasteiger partial charge on any atom is 0.227 e. The molecule has 0 radical (unpaired) electrons. The van der Waals surface area contributed by atoms with E-state index in [1.807, 2.05) is 42.2 Å². The number of carbonyl (C=O) groups is 1. The van der Waals surface area contributed by atoms with E-state index in [-0.39, 0.29) is 5.91 Å². The summed E-state index contributed by atoms with van der Waals surface area (Å²) in [5.74, 6) is 1.65. The topological polar surface area (TPSA) is 68.5 Å². The van der Waals surface area contributed by atoms with E-state index in [1.54, 1.807) is 0 Å². The minimum absolute atomic E-state index is 0.129. The molecule has 1 aromatic heterocycles. The molecule has 0 unspecified atom stereocenters. The van der Waals surface area contributed by atoms with E-state index in [4.69, 9.17) is 9.26 Å². The summed E-state index contributed by atoms with van der Waals surface area (Å²) in [5, 5.41) is 3.99. The Morgan fingerprint density at radius 1 is 1.33 bits per heavy atom. The lowest BCUT2D eigenvalue weighted by atomic mass is 10.1. The molecule has 1 fully saturated rings. The zero-order valence-electron chi connectivity index (χ0n) is 14.0. The standard InChI is InChI=1S/C18H23N3O3/c1-2-21(12-14-10-11-23-13-14)17(22)9-8-16-19-18(20-24-16)15-6-4-3-5-7-15/h3-7,14H,2,8-13H2,1H3/t14-/m0/s1. The summed E-state index contributed by atoms with van der Waals surface area (Å²) in [6.07, 6.45) is 1.89. The molecule has 6 nitrogen and oxygen atoms in total. The van der Waals surface area contributed by atoms with Gasteiger partial charge in [-0.1, -0.05) is 35.5 Å². The number of carbonyl (C=O) groups excluding carboxylic acids is 1. The molecule has 3 rings (SSSR count). The predicted octanol–water partition coefficient (Wildman–Crippen LogP) is 2.55. The fraction of sp³-hybridized carbons (Fsp3) is 0.500. The van der Waals surface area contributed by atoms with Gasteiger partial charge in [0.05, 0.1) is 6.61 Å². The first-order chi connectivity index (χ1) is 11.8. The second-order valence-electron chi connectivity index (χ2n) is 6.04. The Labute approximate surface area is 141 Å². The molecule has 2 aromatic rings. The summed E-state index contributed by atoms with van der Waals surface area (Å²) in [6, 6.07) is 9.67. The van der Waals surface area contributed by atoms with Gasteiger partial charge < -0.3 is 14.2 Å². The first-order valence-electron chi connectivity index (χ1n) is 8.49. The Kier molecular flexibility index (Phi) is 5.59. The number of amides is 1. The van der Waals surface area contributed by atoms with Crippen LogP contribution in [0.25, 0.3) is 11.4 Å². The number of hydrogen-bond acceptors (Lipinski definition) is 5. The van der Waals surface area contributed by atoms with E-state index < -0.39 is 0 Å². The summed E-state index contributed by atoms with van der Waals surface area (Å²) in [5.41, 5.74) is 0.912. The molecule has 0 saturated carbocycles. The molecule has 1 aliphatic rings. The Hall–Kier alpha value is -2.21. The van der Waals surface area contributed by atoms with Gasteiger partial charge in [-0.2, -0.15) is 4.98 Å². The van der Waals surface area contributed by atoms with Gasteiger partial charge in [-0.15, -0.1) is 0 Å². The van der Waals surface area contributed by atoms with E-state index in [0.717, 1.165) is 31.7 Å². The minimum atomic E-state index is 0.129. The zero-order valence-corrected chi connectivity index (χ0v) is 14.0. The van der Waals surface area contributed by atoms with Crippen molar-refractivity contribution in [3.63, 3.8) is 0 Å². The van der Waals surface area contributed by atoms with Gasteiger partial charge in [0, 0.05) is 44.0 Å². The molecule has 1 amide bonds. The number of ether oxygens (including phenoxy) is 1. The van der Waals surface area contributed by atoms with E-state index >= 15 is 0 Å². The first-order valence-corrected chi connectivity index (χ1v) is 8.49. The highest BCUT2D eigenvalue weighted by molar-refractivity contribution is 5.76. The fourth-order valence-electron chi connectivity index (χ4n) is 2.88. The van der Waals surface area contributed by atoms with Gasteiger partial charge in [-0.25, -0.2) is 0 Å². The van der Waals surface area contributed by atoms with Gasteiger partial charge in [-0.3, -0.25) is 4.79 Å². The normalized spacial score (nSPS) is 17.1. The predicted molar refractivity (Wildman–Crippen MR) is 89.2 cm³/mol. The lowest BCUT2D eigenvalue weighted by Gasteiger charge is -2.23. The Morgan fingerprint density at radius 3 is 2.88 bits per heavy atom. The smallest absolute Gasteiger partial charge is 0.227 e. The average Bonchev–Trinajstić information content (AvgIpc) is 3.30. The van der Waals surface area contributed by atoms with Crippen molar-refractivity contribution in [1.29, 1.82) is 0 Å². The van der Waals surface area contributed by atoms with Gasteiger partial charge >= 0.3 is 0 Å². The first kappa shape index (κ1) is 16.6. The van der Waals surface area contributed by atoms with Crippen LogP contribution in [0, 0.1) is 5.92 Å². The quantitative estimate of drug-likeness (QED) is 0.781. The Bertz CT molecular complexity index is 651. The van der Waals surface area contributed by atoms with Gasteiger partial charge in [0.2, 0.25) is 17.6 Å². The molecule has 2 heterocycles. The maximum absolute atomic E-state index is 12.4. The van der Waals surface area contributed by atoms with Crippen LogP contribution in [0.5, 0.6) is 0 Å². The molecule has 6 heteroatoms. The van der Waals surface area contributed by atoms with Crippen molar-refractivity contribution in [3.05, 3.63) is 36.2 Å². The second-order valence-corrected chi connectivity index (χ2v) is 6.04. The highest BCUT2D eigenvalue weighted by atomic mass is 16.5. The number of aromatic nitrogens is 2. The average molecular weight is 329 g/mol. The molecule has 1 aromatic carbocycles. The molecule has 0 bridgehead atoms. The Morgan fingerprint density at radius 2 is 2.17 bits per heavy atom. The summed E-state index contributed by atoms with van der Waals surface area (Å²) < 4.78 is 10.6. The molecule has 1 atom stereocenters. The third kappa shape index (κ3) is 4.20. The van der Waals surface area contributed by atoms with Crippen molar-refractivity contribution in [1.82, 2.24) is 15.0 Å². The van der Waals surface area contributed by atoms with Crippen molar-refractivity contribution in [2.24, 2.45) is 5.92 Å². The van der Waals surface area contributed by atoms with E-state index in [9.17, 15) is 4.79 Å². The van der Waals surface area contributed by atoms with E-state index in [1.165, 1.54) is 0 Å². The van der Waals surface area contributed by atoms with Crippen LogP contribution < -0.4 is 0 Å². The number of benzene rings is 1. The highest BCUT2D eigenvalue weighted by Crippen LogP contribution is 2.17. The molecule has 0 spiro atoms. The van der Waals surface area contributed by atoms with Crippen LogP contribution in [0.2, 0.25) is 0 Å². The van der Waals surface area contributed by atoms with Crippen LogP contribution in [-0.2, 0) is 16.0 Å². The van der Waals surface area contributed by atoms with E-state index in [0.29, 0.717) is 37.0 Å². The molecule has 128 valence electrons. The van der Waals surface area contributed by atoms with Crippen LogP contribution in [0.4, 0.5) is 0 Å². The molecule has 24 heavy (non-hydrogen) atoms. The maximum atomic E-state index is 12.4. The van der Waals surface area contributed by atoms with Gasteiger partial charge in [-0.05, 0) is 13.3 Å². The van der Waals surface area contributed by atoms with Crippen molar-refractivity contribution in [2.45, 2.75) is 26.2 Å². The monoisotopic (exact) mass is 329 g/mol. The molecular weight excluding hydrogens is 306 g/mol. The molecule has 1 saturated heterocycles. The largest absolute Gasteiger partial charge is 0.381 e. The van der Waals surface area contributed by atoms with Crippen LogP contribution in [0.3, 0.4) is 0 Å². The fourth-order valence-corrected chi connectivity index (χ4v) is 2.88. The van der Waals surface area contributed by atoms with Crippen molar-refractivity contribution in [2.75, 3.05) is 26.3 Å². The number of nitrogens with zero attached hydrogens (tertiary/aromatic N) is 3. The number of rotatable bonds is 7. The Balaban J connectivity index is 1.53. The summed E-state index contributed by atoms with van der Waals surface area (Å²) in [7, 11) is 0. The molecular formula is C18H23N3O3. The SMILES string of the molecule is CCN(C[C@@H]1CCOC1)C(=O)CCc1nc(-c2ccccc2)no1. The van der Waals surface area contributed by atoms with Crippen molar-refractivity contribution >= 4 is 5.91 Å².